The van der Waals surface area contributed by atoms with E-state index in [0.29, 0.717) is 18.4 Å². The molecule has 1 fully saturated rings. The maximum atomic E-state index is 13.4. The largest absolute Gasteiger partial charge is 0.468 e. The Labute approximate surface area is 277 Å². The van der Waals surface area contributed by atoms with Gasteiger partial charge in [0.25, 0.3) is 0 Å². The molecule has 1 saturated heterocycles. The molecule has 2 aromatic heterocycles. The molecule has 5 N–H and O–H groups in total. The van der Waals surface area contributed by atoms with Crippen molar-refractivity contribution in [3.05, 3.63) is 92.1 Å². The van der Waals surface area contributed by atoms with Crippen LogP contribution in [0.2, 0.25) is 0 Å². The first-order valence-electron chi connectivity index (χ1n) is 16.9. The van der Waals surface area contributed by atoms with E-state index in [2.05, 4.69) is 74.0 Å². The van der Waals surface area contributed by atoms with Gasteiger partial charge in [0.1, 0.15) is 12.5 Å². The van der Waals surface area contributed by atoms with Gasteiger partial charge in [0, 0.05) is 81.6 Å². The molecule has 0 spiro atoms. The first kappa shape index (κ1) is 32.7. The molecule has 5 heterocycles. The zero-order valence-corrected chi connectivity index (χ0v) is 28.6. The van der Waals surface area contributed by atoms with Crippen LogP contribution in [0.1, 0.15) is 98.1 Å². The predicted molar refractivity (Wildman–Crippen MR) is 182 cm³/mol. The fourth-order valence-corrected chi connectivity index (χ4v) is 8.29. The number of carbonyl (C=O) groups is 2. The monoisotopic (exact) mass is 640 g/mol. The van der Waals surface area contributed by atoms with E-state index in [9.17, 15) is 14.7 Å². The van der Waals surface area contributed by atoms with Gasteiger partial charge in [0.05, 0.1) is 18.9 Å². The summed E-state index contributed by atoms with van der Waals surface area (Å²) in [5, 5.41) is 19.3. The second-order valence-electron chi connectivity index (χ2n) is 13.4. The van der Waals surface area contributed by atoms with Crippen LogP contribution in [0, 0.1) is 37.5 Å². The highest BCUT2D eigenvalue weighted by molar-refractivity contribution is 5.94. The van der Waals surface area contributed by atoms with Crippen molar-refractivity contribution >= 4 is 23.6 Å². The molecule has 0 radical (unpaired) electrons. The summed E-state index contributed by atoms with van der Waals surface area (Å²) in [5.74, 6) is -1.60. The highest BCUT2D eigenvalue weighted by Crippen LogP contribution is 2.52. The molecule has 6 rings (SSSR count). The number of methoxy groups -OCH3 is 1. The van der Waals surface area contributed by atoms with Crippen molar-refractivity contribution in [2.24, 2.45) is 23.7 Å². The van der Waals surface area contributed by atoms with E-state index in [4.69, 9.17) is 9.47 Å². The predicted octanol–water partition coefficient (Wildman–Crippen LogP) is 6.17. The van der Waals surface area contributed by atoms with Crippen LogP contribution in [0.25, 0.3) is 11.6 Å². The summed E-state index contributed by atoms with van der Waals surface area (Å²) < 4.78 is 10.6. The number of rotatable bonds is 8. The molecule has 47 heavy (non-hydrogen) atoms. The van der Waals surface area contributed by atoms with Crippen LogP contribution in [-0.4, -0.2) is 40.7 Å². The Hall–Kier alpha value is -4.24. The Morgan fingerprint density at radius 1 is 1.06 bits per heavy atom. The maximum Gasteiger partial charge on any atom is 0.316 e. The Bertz CT molecular complexity index is 1770. The Morgan fingerprint density at radius 2 is 1.83 bits per heavy atom. The summed E-state index contributed by atoms with van der Waals surface area (Å²) in [7, 11) is 1.36. The summed E-state index contributed by atoms with van der Waals surface area (Å²) in [6.45, 7) is 16.8. The molecule has 3 aliphatic heterocycles. The molecule has 0 amide bonds. The number of aromatic amines is 2. The van der Waals surface area contributed by atoms with Crippen LogP contribution in [0.3, 0.4) is 0 Å². The number of aromatic nitrogens is 2. The number of H-pyrrole nitrogens is 2. The van der Waals surface area contributed by atoms with Crippen molar-refractivity contribution in [2.45, 2.75) is 79.8 Å². The molecule has 2 aromatic rings. The second-order valence-corrected chi connectivity index (χ2v) is 13.4. The SMILES string of the molecule is C=CCOC(=O)CC[C@@H]1/C2=C3/c4[nH]c(c(C)c4[C@H](O)[C@@H]3C(=O)OC)Cc3[nH]c(c(C)c3CC)C=C3NC(=C(C)[C@@H]3CC)/C=C(\N2)[C@H]1C. The molecular formula is C38H48N4O5. The highest BCUT2D eigenvalue weighted by atomic mass is 16.5. The Kier molecular flexibility index (Phi) is 8.87. The van der Waals surface area contributed by atoms with Gasteiger partial charge >= 0.3 is 11.9 Å². The molecule has 0 saturated carbocycles. The fourth-order valence-electron chi connectivity index (χ4n) is 8.29. The number of allylic oxidation sites excluding steroid dienone is 4. The lowest BCUT2D eigenvalue weighted by atomic mass is 9.84. The normalized spacial score (nSPS) is 27.2. The molecule has 1 aliphatic carbocycles. The summed E-state index contributed by atoms with van der Waals surface area (Å²) in [5.41, 5.74) is 14.2. The molecule has 0 aromatic carbocycles. The quantitative estimate of drug-likeness (QED) is 0.173. The van der Waals surface area contributed by atoms with E-state index < -0.39 is 18.0 Å². The number of hydrogen-bond acceptors (Lipinski definition) is 7. The molecule has 5 atom stereocenters. The maximum absolute atomic E-state index is 13.4. The van der Waals surface area contributed by atoms with Crippen LogP contribution < -0.4 is 10.6 Å². The van der Waals surface area contributed by atoms with E-state index in [-0.39, 0.29) is 36.8 Å². The lowest BCUT2D eigenvalue weighted by Crippen LogP contribution is -2.24. The van der Waals surface area contributed by atoms with Crippen LogP contribution >= 0.6 is 0 Å². The summed E-state index contributed by atoms with van der Waals surface area (Å²) in [4.78, 5) is 33.5. The minimum absolute atomic E-state index is 0.00878. The van der Waals surface area contributed by atoms with Gasteiger partial charge in [-0.05, 0) is 74.4 Å². The summed E-state index contributed by atoms with van der Waals surface area (Å²) in [6, 6.07) is 0. The average molecular weight is 641 g/mol. The van der Waals surface area contributed by atoms with Gasteiger partial charge in [-0.1, -0.05) is 33.4 Å². The number of aliphatic hydroxyl groups is 1. The molecule has 0 unspecified atom stereocenters. The third-order valence-corrected chi connectivity index (χ3v) is 10.9. The highest BCUT2D eigenvalue weighted by Gasteiger charge is 2.48. The van der Waals surface area contributed by atoms with Crippen molar-refractivity contribution in [1.29, 1.82) is 0 Å². The van der Waals surface area contributed by atoms with Gasteiger partial charge < -0.3 is 35.2 Å². The minimum atomic E-state index is -1.07. The number of hydrogen-bond donors (Lipinski definition) is 5. The molecule has 4 aliphatic rings. The number of carbonyl (C=O) groups excluding carboxylic acids is 2. The number of esters is 2. The lowest BCUT2D eigenvalue weighted by Gasteiger charge is -2.21. The van der Waals surface area contributed by atoms with Gasteiger partial charge in [-0.3, -0.25) is 9.59 Å². The van der Waals surface area contributed by atoms with Crippen LogP contribution in [0.5, 0.6) is 0 Å². The van der Waals surface area contributed by atoms with Gasteiger partial charge in [-0.2, -0.15) is 0 Å². The van der Waals surface area contributed by atoms with Crippen molar-refractivity contribution in [3.63, 3.8) is 0 Å². The van der Waals surface area contributed by atoms with Crippen LogP contribution in [0.15, 0.2) is 47.1 Å². The van der Waals surface area contributed by atoms with Gasteiger partial charge in [-0.15, -0.1) is 0 Å². The number of aliphatic hydroxyl groups excluding tert-OH is 1. The molecule has 250 valence electrons. The van der Waals surface area contributed by atoms with E-state index >= 15 is 0 Å². The average Bonchev–Trinajstić information content (AvgIpc) is 3.79. The van der Waals surface area contributed by atoms with Crippen LogP contribution in [-0.2, 0) is 31.9 Å². The first-order valence-corrected chi connectivity index (χ1v) is 16.9. The third-order valence-electron chi connectivity index (χ3n) is 10.9. The standard InChI is InChI=1S/C38H48N4O5/c1-9-14-47-31(43)13-12-24-20(6)27-15-25-18(4)22(10-2)29(39-25)16-26-19(5)23(11-3)30(40-26)17-28-21(7)32-36(42-28)33(35(24)41-27)34(37(32)44)38(45)46-8/h9,15-16,20,22,24,34,37,39-42,44H,1,10-14,17H2,2-8H3/b27-15-,29-16?,35-33-/t20-,22-,24-,34+,37-/m0/s1. The van der Waals surface area contributed by atoms with Gasteiger partial charge in [0.15, 0.2) is 0 Å². The molecule has 9 nitrogen and oxygen atoms in total. The van der Waals surface area contributed by atoms with E-state index in [0.717, 1.165) is 63.8 Å². The third kappa shape index (κ3) is 5.38. The zero-order valence-electron chi connectivity index (χ0n) is 28.6. The van der Waals surface area contributed by atoms with Crippen molar-refractivity contribution in [2.75, 3.05) is 13.7 Å². The van der Waals surface area contributed by atoms with Gasteiger partial charge in [-0.25, -0.2) is 0 Å². The lowest BCUT2D eigenvalue weighted by molar-refractivity contribution is -0.146. The van der Waals surface area contributed by atoms with Crippen molar-refractivity contribution in [1.82, 2.24) is 20.6 Å². The van der Waals surface area contributed by atoms with Crippen LogP contribution in [0.4, 0.5) is 0 Å². The van der Waals surface area contributed by atoms with Crippen molar-refractivity contribution < 1.29 is 24.2 Å². The topological polar surface area (TPSA) is 128 Å². The molecule has 9 heteroatoms. The smallest absolute Gasteiger partial charge is 0.316 e. The molecular weight excluding hydrogens is 592 g/mol. The number of nitrogens with one attached hydrogen (secondary N) is 4. The zero-order chi connectivity index (χ0) is 33.7. The fraction of sp³-hybridized carbons (Fsp3) is 0.474. The number of ether oxygens (including phenoxy) is 2. The Balaban J connectivity index is 1.59. The Morgan fingerprint density at radius 3 is 2.51 bits per heavy atom. The minimum Gasteiger partial charge on any atom is -0.468 e. The van der Waals surface area contributed by atoms with E-state index in [1.54, 1.807) is 6.08 Å². The van der Waals surface area contributed by atoms with Crippen molar-refractivity contribution in [3.8, 4) is 0 Å². The first-order chi connectivity index (χ1) is 22.5. The number of fused-ring (bicyclic) bond motifs is 7. The van der Waals surface area contributed by atoms with E-state index in [1.807, 2.05) is 6.92 Å². The second kappa shape index (κ2) is 12.8. The summed E-state index contributed by atoms with van der Waals surface area (Å²) in [6.07, 6.45) is 8.14. The van der Waals surface area contributed by atoms with Gasteiger partial charge in [0.2, 0.25) is 0 Å². The summed E-state index contributed by atoms with van der Waals surface area (Å²) >= 11 is 0. The van der Waals surface area contributed by atoms with E-state index in [1.165, 1.54) is 29.5 Å². The molecule has 8 bridgehead atoms.